The Hall–Kier alpha value is -3.93. The molecule has 35 heavy (non-hydrogen) atoms. The van der Waals surface area contributed by atoms with Crippen LogP contribution in [0.25, 0.3) is 0 Å². The van der Waals surface area contributed by atoms with Gasteiger partial charge in [-0.15, -0.1) is 0 Å². The van der Waals surface area contributed by atoms with Gasteiger partial charge < -0.3 is 9.64 Å². The van der Waals surface area contributed by atoms with E-state index in [2.05, 4.69) is 0 Å². The van der Waals surface area contributed by atoms with E-state index in [9.17, 15) is 14.4 Å². The average molecular weight is 469 g/mol. The Morgan fingerprint density at radius 2 is 1.69 bits per heavy atom. The molecule has 2 heterocycles. The number of fused-ring (bicyclic) bond motifs is 1. The van der Waals surface area contributed by atoms with Crippen LogP contribution in [-0.2, 0) is 12.8 Å². The number of amides is 3. The molecular weight excluding hydrogens is 440 g/mol. The second-order valence-corrected chi connectivity index (χ2v) is 9.11. The molecule has 2 aliphatic rings. The minimum absolute atomic E-state index is 0.0857. The minimum Gasteiger partial charge on any atom is -0.497 e. The summed E-state index contributed by atoms with van der Waals surface area (Å²) in [5.41, 5.74) is 3.33. The van der Waals surface area contributed by atoms with Crippen LogP contribution in [-0.4, -0.2) is 53.8 Å². The van der Waals surface area contributed by atoms with Gasteiger partial charge in [-0.05, 0) is 67.1 Å². The van der Waals surface area contributed by atoms with Crippen molar-refractivity contribution in [1.82, 2.24) is 9.80 Å². The molecule has 0 spiro atoms. The first-order valence-electron chi connectivity index (χ1n) is 12.0. The highest BCUT2D eigenvalue weighted by Crippen LogP contribution is 2.28. The molecule has 0 aliphatic carbocycles. The van der Waals surface area contributed by atoms with Crippen molar-refractivity contribution in [3.63, 3.8) is 0 Å². The van der Waals surface area contributed by atoms with Crippen molar-refractivity contribution < 1.29 is 19.1 Å². The molecule has 3 amide bonds. The van der Waals surface area contributed by atoms with Crippen LogP contribution in [0.2, 0.25) is 0 Å². The highest BCUT2D eigenvalue weighted by atomic mass is 16.5. The first kappa shape index (κ1) is 22.8. The van der Waals surface area contributed by atoms with Crippen molar-refractivity contribution in [2.24, 2.45) is 0 Å². The quantitative estimate of drug-likeness (QED) is 0.483. The molecule has 2 aliphatic heterocycles. The summed E-state index contributed by atoms with van der Waals surface area (Å²) in [6.45, 7) is 0.995. The number of hydrogen-bond donors (Lipinski definition) is 0. The Bertz CT molecular complexity index is 1270. The fraction of sp³-hybridized carbons (Fsp3) is 0.276. The first-order valence-corrected chi connectivity index (χ1v) is 12.0. The normalized spacial score (nSPS) is 17.1. The van der Waals surface area contributed by atoms with E-state index in [1.54, 1.807) is 25.3 Å². The fourth-order valence-electron chi connectivity index (χ4n) is 5.07. The van der Waals surface area contributed by atoms with Crippen LogP contribution >= 0.6 is 0 Å². The molecule has 0 aromatic heterocycles. The predicted octanol–water partition coefficient (Wildman–Crippen LogP) is 4.38. The van der Waals surface area contributed by atoms with Gasteiger partial charge in [0.2, 0.25) is 0 Å². The molecule has 6 heteroatoms. The molecule has 1 unspecified atom stereocenters. The molecular formula is C29H28N2O4. The largest absolute Gasteiger partial charge is 0.497 e. The molecule has 5 rings (SSSR count). The lowest BCUT2D eigenvalue weighted by Gasteiger charge is -2.25. The summed E-state index contributed by atoms with van der Waals surface area (Å²) in [6.07, 6.45) is 3.21. The molecule has 178 valence electrons. The van der Waals surface area contributed by atoms with E-state index in [-0.39, 0.29) is 23.8 Å². The van der Waals surface area contributed by atoms with Crippen molar-refractivity contribution in [1.29, 1.82) is 0 Å². The number of rotatable bonds is 7. The van der Waals surface area contributed by atoms with E-state index in [4.69, 9.17) is 4.74 Å². The summed E-state index contributed by atoms with van der Waals surface area (Å²) >= 11 is 0. The maximum Gasteiger partial charge on any atom is 0.261 e. The maximum atomic E-state index is 13.4. The Kier molecular flexibility index (Phi) is 6.36. The van der Waals surface area contributed by atoms with E-state index in [1.807, 2.05) is 59.5 Å². The lowest BCUT2D eigenvalue weighted by atomic mass is 10.0. The number of carbonyl (C=O) groups excluding carboxylic acids is 3. The van der Waals surface area contributed by atoms with E-state index in [0.29, 0.717) is 36.2 Å². The number of ether oxygens (including phenoxy) is 1. The Morgan fingerprint density at radius 3 is 2.49 bits per heavy atom. The van der Waals surface area contributed by atoms with E-state index in [1.165, 1.54) is 4.90 Å². The Labute approximate surface area is 205 Å². The third kappa shape index (κ3) is 4.56. The van der Waals surface area contributed by atoms with Gasteiger partial charge in [-0.2, -0.15) is 0 Å². The van der Waals surface area contributed by atoms with Gasteiger partial charge in [-0.3, -0.25) is 19.3 Å². The summed E-state index contributed by atoms with van der Waals surface area (Å²) in [5, 5.41) is 0. The van der Waals surface area contributed by atoms with Crippen molar-refractivity contribution in [3.05, 3.63) is 101 Å². The molecule has 6 nitrogen and oxygen atoms in total. The zero-order valence-electron chi connectivity index (χ0n) is 19.8. The van der Waals surface area contributed by atoms with Gasteiger partial charge in [-0.1, -0.05) is 42.5 Å². The molecule has 1 fully saturated rings. The van der Waals surface area contributed by atoms with Crippen LogP contribution < -0.4 is 4.74 Å². The summed E-state index contributed by atoms with van der Waals surface area (Å²) in [6, 6.07) is 22.7. The monoisotopic (exact) mass is 468 g/mol. The van der Waals surface area contributed by atoms with Crippen LogP contribution in [0.1, 0.15) is 55.0 Å². The Balaban J connectivity index is 1.31. The predicted molar refractivity (Wildman–Crippen MR) is 133 cm³/mol. The number of nitrogens with zero attached hydrogens (tertiary/aromatic N) is 2. The topological polar surface area (TPSA) is 66.9 Å². The second-order valence-electron chi connectivity index (χ2n) is 9.11. The SMILES string of the molecule is COc1cccc(CC2CCCN2C(=O)c2ccc3c(c2)C(=O)N(CCc2ccccc2)C3=O)c1. The summed E-state index contributed by atoms with van der Waals surface area (Å²) in [7, 11) is 1.65. The lowest BCUT2D eigenvalue weighted by molar-refractivity contribution is 0.0655. The maximum absolute atomic E-state index is 13.4. The smallest absolute Gasteiger partial charge is 0.261 e. The number of benzene rings is 3. The standard InChI is InChI=1S/C29H28N2O4/c1-35-24-11-5-9-21(18-24)17-23-10-6-15-30(23)27(32)22-12-13-25-26(19-22)29(34)31(28(25)33)16-14-20-7-3-2-4-8-20/h2-5,7-9,11-13,18-19,23H,6,10,14-17H2,1H3. The zero-order chi connectivity index (χ0) is 24.4. The number of carbonyl (C=O) groups is 3. The van der Waals surface area contributed by atoms with Crippen LogP contribution in [0.3, 0.4) is 0 Å². The van der Waals surface area contributed by atoms with Crippen LogP contribution in [0.15, 0.2) is 72.8 Å². The van der Waals surface area contributed by atoms with Gasteiger partial charge in [0.05, 0.1) is 18.2 Å². The van der Waals surface area contributed by atoms with Gasteiger partial charge in [0, 0.05) is 24.7 Å². The summed E-state index contributed by atoms with van der Waals surface area (Å²) in [4.78, 5) is 42.6. The van der Waals surface area contributed by atoms with Gasteiger partial charge >= 0.3 is 0 Å². The third-order valence-electron chi connectivity index (χ3n) is 6.93. The fourth-order valence-corrected chi connectivity index (χ4v) is 5.07. The number of methoxy groups -OCH3 is 1. The van der Waals surface area contributed by atoms with Crippen LogP contribution in [0.4, 0.5) is 0 Å². The van der Waals surface area contributed by atoms with Gasteiger partial charge in [0.25, 0.3) is 17.7 Å². The number of hydrogen-bond acceptors (Lipinski definition) is 4. The van der Waals surface area contributed by atoms with Crippen molar-refractivity contribution in [2.45, 2.75) is 31.7 Å². The molecule has 1 atom stereocenters. The lowest BCUT2D eigenvalue weighted by Crippen LogP contribution is -2.37. The molecule has 1 saturated heterocycles. The average Bonchev–Trinajstić information content (AvgIpc) is 3.45. The van der Waals surface area contributed by atoms with Crippen LogP contribution in [0, 0.1) is 0 Å². The van der Waals surface area contributed by atoms with E-state index >= 15 is 0 Å². The minimum atomic E-state index is -0.329. The van der Waals surface area contributed by atoms with Gasteiger partial charge in [0.1, 0.15) is 5.75 Å². The number of likely N-dealkylation sites (tertiary alicyclic amines) is 1. The zero-order valence-corrected chi connectivity index (χ0v) is 19.8. The summed E-state index contributed by atoms with van der Waals surface area (Å²) < 4.78 is 5.33. The number of imide groups is 1. The molecule has 3 aromatic carbocycles. The summed E-state index contributed by atoms with van der Waals surface area (Å²) in [5.74, 6) is 0.0834. The molecule has 0 N–H and O–H groups in total. The molecule has 0 radical (unpaired) electrons. The second kappa shape index (κ2) is 9.74. The van der Waals surface area contributed by atoms with E-state index in [0.717, 1.165) is 36.1 Å². The van der Waals surface area contributed by atoms with E-state index < -0.39 is 0 Å². The van der Waals surface area contributed by atoms with Gasteiger partial charge in [-0.25, -0.2) is 0 Å². The molecule has 0 saturated carbocycles. The molecule has 0 bridgehead atoms. The first-order chi connectivity index (χ1) is 17.0. The highest BCUT2D eigenvalue weighted by molar-refractivity contribution is 6.22. The van der Waals surface area contributed by atoms with Crippen molar-refractivity contribution in [2.75, 3.05) is 20.2 Å². The van der Waals surface area contributed by atoms with Crippen molar-refractivity contribution >= 4 is 17.7 Å². The molecule has 3 aromatic rings. The van der Waals surface area contributed by atoms with Gasteiger partial charge in [0.15, 0.2) is 0 Å². The van der Waals surface area contributed by atoms with Crippen molar-refractivity contribution in [3.8, 4) is 5.75 Å². The third-order valence-corrected chi connectivity index (χ3v) is 6.93. The van der Waals surface area contributed by atoms with Crippen LogP contribution in [0.5, 0.6) is 5.75 Å². The Morgan fingerprint density at radius 1 is 0.914 bits per heavy atom. The highest BCUT2D eigenvalue weighted by Gasteiger charge is 2.37.